The summed E-state index contributed by atoms with van der Waals surface area (Å²) in [6.07, 6.45) is 1.78. The number of nitrogens with one attached hydrogen (secondary N) is 1. The molecule has 0 radical (unpaired) electrons. The molecule has 2 atom stereocenters. The van der Waals surface area contributed by atoms with Crippen LogP contribution in [0.5, 0.6) is 0 Å². The maximum Gasteiger partial charge on any atom is 0.261 e. The van der Waals surface area contributed by atoms with Crippen LogP contribution in [0.25, 0.3) is 5.70 Å². The van der Waals surface area contributed by atoms with E-state index in [1.807, 2.05) is 19.1 Å². The Morgan fingerprint density at radius 1 is 0.812 bits per heavy atom. The third-order valence-corrected chi connectivity index (χ3v) is 6.88. The maximum atomic E-state index is 12.9. The van der Waals surface area contributed by atoms with E-state index < -0.39 is 15.9 Å². The van der Waals surface area contributed by atoms with Gasteiger partial charge in [0, 0.05) is 23.5 Å². The van der Waals surface area contributed by atoms with Gasteiger partial charge in [-0.1, -0.05) is 78.4 Å². The molecule has 0 heterocycles. The highest BCUT2D eigenvalue weighted by atomic mass is 32.2. The molecule has 1 aliphatic carbocycles. The van der Waals surface area contributed by atoms with Gasteiger partial charge in [0.15, 0.2) is 11.6 Å². The molecule has 0 bridgehead atoms. The molecule has 162 valence electrons. The highest BCUT2D eigenvalue weighted by molar-refractivity contribution is 7.89. The van der Waals surface area contributed by atoms with Crippen molar-refractivity contribution in [2.45, 2.75) is 18.2 Å². The summed E-state index contributed by atoms with van der Waals surface area (Å²) < 4.78 is 28.4. The molecular weight excluding hydrogens is 422 g/mol. The number of ketones is 2. The average Bonchev–Trinajstić information content (AvgIpc) is 3.61. The third kappa shape index (κ3) is 4.86. The van der Waals surface area contributed by atoms with E-state index in [1.54, 1.807) is 60.7 Å². The SMILES string of the molecule is Cc1ccc(S(=O)(=O)N/C(=C\C(=O)[C@@H]2C[C@H]2C(=O)c2ccccc2)c2ccccc2)cc1. The van der Waals surface area contributed by atoms with E-state index in [1.165, 1.54) is 18.2 Å². The summed E-state index contributed by atoms with van der Waals surface area (Å²) in [4.78, 5) is 25.7. The first-order valence-electron chi connectivity index (χ1n) is 10.3. The molecule has 0 unspecified atom stereocenters. The molecule has 5 nitrogen and oxygen atoms in total. The molecule has 0 aliphatic heterocycles. The van der Waals surface area contributed by atoms with E-state index in [2.05, 4.69) is 4.72 Å². The first-order chi connectivity index (χ1) is 15.3. The highest BCUT2D eigenvalue weighted by Gasteiger charge is 2.47. The largest absolute Gasteiger partial charge is 0.294 e. The van der Waals surface area contributed by atoms with E-state index in [9.17, 15) is 18.0 Å². The van der Waals surface area contributed by atoms with E-state index in [4.69, 9.17) is 0 Å². The van der Waals surface area contributed by atoms with E-state index in [-0.39, 0.29) is 28.1 Å². The van der Waals surface area contributed by atoms with Crippen LogP contribution in [-0.2, 0) is 14.8 Å². The zero-order valence-corrected chi connectivity index (χ0v) is 18.4. The van der Waals surface area contributed by atoms with E-state index in [0.29, 0.717) is 17.5 Å². The van der Waals surface area contributed by atoms with Crippen LogP contribution in [0.1, 0.15) is 27.9 Å². The van der Waals surface area contributed by atoms with Gasteiger partial charge in [-0.2, -0.15) is 0 Å². The monoisotopic (exact) mass is 445 g/mol. The van der Waals surface area contributed by atoms with Gasteiger partial charge in [-0.25, -0.2) is 8.42 Å². The van der Waals surface area contributed by atoms with Crippen LogP contribution < -0.4 is 4.72 Å². The Hall–Kier alpha value is -3.51. The summed E-state index contributed by atoms with van der Waals surface area (Å²) >= 11 is 0. The van der Waals surface area contributed by atoms with Crippen molar-refractivity contribution < 1.29 is 18.0 Å². The van der Waals surface area contributed by atoms with Crippen LogP contribution in [0.2, 0.25) is 0 Å². The van der Waals surface area contributed by atoms with Crippen molar-refractivity contribution in [3.63, 3.8) is 0 Å². The first-order valence-corrected chi connectivity index (χ1v) is 11.8. The van der Waals surface area contributed by atoms with Crippen LogP contribution in [-0.4, -0.2) is 20.0 Å². The number of sulfonamides is 1. The van der Waals surface area contributed by atoms with Crippen molar-refractivity contribution in [1.82, 2.24) is 4.72 Å². The Bertz CT molecular complexity index is 1260. The normalized spacial score (nSPS) is 18.1. The van der Waals surface area contributed by atoms with Gasteiger partial charge in [0.05, 0.1) is 10.6 Å². The molecule has 32 heavy (non-hydrogen) atoms. The molecule has 0 amide bonds. The van der Waals surface area contributed by atoms with Crippen molar-refractivity contribution in [3.05, 3.63) is 108 Å². The number of Topliss-reactive ketones (excluding diaryl/α,β-unsaturated/α-hetero) is 1. The predicted molar refractivity (Wildman–Crippen MR) is 123 cm³/mol. The van der Waals surface area contributed by atoms with Gasteiger partial charge < -0.3 is 0 Å². The van der Waals surface area contributed by atoms with Crippen LogP contribution in [0.3, 0.4) is 0 Å². The fourth-order valence-electron chi connectivity index (χ4n) is 3.58. The molecule has 4 rings (SSSR count). The summed E-state index contributed by atoms with van der Waals surface area (Å²) in [6, 6.07) is 24.2. The zero-order valence-electron chi connectivity index (χ0n) is 17.6. The van der Waals surface area contributed by atoms with Crippen LogP contribution in [0, 0.1) is 18.8 Å². The first kappa shape index (κ1) is 21.7. The van der Waals surface area contributed by atoms with Gasteiger partial charge in [0.1, 0.15) is 0 Å². The van der Waals surface area contributed by atoms with Gasteiger partial charge in [0.25, 0.3) is 10.0 Å². The third-order valence-electron chi connectivity index (χ3n) is 5.50. The number of rotatable bonds is 8. The second-order valence-electron chi connectivity index (χ2n) is 7.92. The lowest BCUT2D eigenvalue weighted by molar-refractivity contribution is -0.115. The number of carbonyl (C=O) groups is 2. The molecule has 0 saturated heterocycles. The summed E-state index contributed by atoms with van der Waals surface area (Å²) in [7, 11) is -3.89. The summed E-state index contributed by atoms with van der Waals surface area (Å²) in [6.45, 7) is 1.88. The molecule has 1 fully saturated rings. The fourth-order valence-corrected chi connectivity index (χ4v) is 4.65. The average molecular weight is 446 g/mol. The van der Waals surface area contributed by atoms with Crippen molar-refractivity contribution in [3.8, 4) is 0 Å². The highest BCUT2D eigenvalue weighted by Crippen LogP contribution is 2.42. The number of allylic oxidation sites excluding steroid dienone is 1. The van der Waals surface area contributed by atoms with Crippen molar-refractivity contribution in [1.29, 1.82) is 0 Å². The fraction of sp³-hybridized carbons (Fsp3) is 0.154. The number of aryl methyl sites for hydroxylation is 1. The number of hydrogen-bond acceptors (Lipinski definition) is 4. The molecule has 1 saturated carbocycles. The van der Waals surface area contributed by atoms with Gasteiger partial charge >= 0.3 is 0 Å². The van der Waals surface area contributed by atoms with Crippen LogP contribution in [0.4, 0.5) is 0 Å². The second-order valence-corrected chi connectivity index (χ2v) is 9.61. The summed E-state index contributed by atoms with van der Waals surface area (Å²) in [5.74, 6) is -1.12. The van der Waals surface area contributed by atoms with Gasteiger partial charge in [-0.3, -0.25) is 14.3 Å². The lowest BCUT2D eigenvalue weighted by atomic mass is 10.0. The Kier molecular flexibility index (Phi) is 6.06. The van der Waals surface area contributed by atoms with E-state index >= 15 is 0 Å². The van der Waals surface area contributed by atoms with Crippen molar-refractivity contribution in [2.75, 3.05) is 0 Å². The van der Waals surface area contributed by atoms with Gasteiger partial charge in [0.2, 0.25) is 0 Å². The molecule has 3 aromatic rings. The molecule has 3 aromatic carbocycles. The molecule has 6 heteroatoms. The Morgan fingerprint density at radius 3 is 1.97 bits per heavy atom. The zero-order chi connectivity index (χ0) is 22.7. The second kappa shape index (κ2) is 8.93. The minimum absolute atomic E-state index is 0.0566. The van der Waals surface area contributed by atoms with Crippen molar-refractivity contribution in [2.24, 2.45) is 11.8 Å². The standard InChI is InChI=1S/C26H23NO4S/c1-18-12-14-21(15-13-18)32(30,31)27-24(19-8-4-2-5-9-19)17-25(28)22-16-23(22)26(29)20-10-6-3-7-11-20/h2-15,17,22-23,27H,16H2,1H3/b24-17-/t22-,23-/m1/s1. The molecule has 1 N–H and O–H groups in total. The van der Waals surface area contributed by atoms with Gasteiger partial charge in [-0.05, 0) is 31.0 Å². The van der Waals surface area contributed by atoms with Crippen LogP contribution >= 0.6 is 0 Å². The molecular formula is C26H23NO4S. The number of hydrogen-bond donors (Lipinski definition) is 1. The minimum atomic E-state index is -3.89. The Labute approximate surface area is 187 Å². The smallest absolute Gasteiger partial charge is 0.261 e. The number of benzene rings is 3. The minimum Gasteiger partial charge on any atom is -0.294 e. The quantitative estimate of drug-likeness (QED) is 0.412. The molecule has 0 spiro atoms. The lowest BCUT2D eigenvalue weighted by Crippen LogP contribution is -2.23. The maximum absolute atomic E-state index is 12.9. The van der Waals surface area contributed by atoms with Gasteiger partial charge in [-0.15, -0.1) is 0 Å². The predicted octanol–water partition coefficient (Wildman–Crippen LogP) is 4.40. The number of carbonyl (C=O) groups excluding carboxylic acids is 2. The topological polar surface area (TPSA) is 80.3 Å². The van der Waals surface area contributed by atoms with E-state index in [0.717, 1.165) is 5.56 Å². The Morgan fingerprint density at radius 2 is 1.38 bits per heavy atom. The summed E-state index contributed by atoms with van der Waals surface area (Å²) in [5.41, 5.74) is 2.29. The molecule has 1 aliphatic rings. The van der Waals surface area contributed by atoms with Crippen molar-refractivity contribution >= 4 is 27.3 Å². The molecule has 0 aromatic heterocycles. The summed E-state index contributed by atoms with van der Waals surface area (Å²) in [5, 5.41) is 0. The lowest BCUT2D eigenvalue weighted by Gasteiger charge is -2.12. The Balaban J connectivity index is 1.58. The van der Waals surface area contributed by atoms with Crippen LogP contribution in [0.15, 0.2) is 95.9 Å².